The van der Waals surface area contributed by atoms with Crippen LogP contribution >= 0.6 is 11.3 Å². The lowest BCUT2D eigenvalue weighted by Crippen LogP contribution is -2.13. The molecule has 2 aromatic rings. The maximum atomic E-state index is 5.38. The highest BCUT2D eigenvalue weighted by Crippen LogP contribution is 2.28. The standard InChI is InChI=1S/C13H17NOS/c1-14(2)9-3-5-11-7-8-13(16-11)12-6-4-10-15-12/h4,6-8,10H,3,5,9H2,1-2H3. The van der Waals surface area contributed by atoms with Gasteiger partial charge in [0.2, 0.25) is 0 Å². The maximum Gasteiger partial charge on any atom is 0.143 e. The second kappa shape index (κ2) is 5.32. The molecule has 0 saturated carbocycles. The van der Waals surface area contributed by atoms with Gasteiger partial charge in [0, 0.05) is 4.88 Å². The van der Waals surface area contributed by atoms with Crippen LogP contribution in [0.4, 0.5) is 0 Å². The van der Waals surface area contributed by atoms with Gasteiger partial charge >= 0.3 is 0 Å². The molecule has 0 bridgehead atoms. The van der Waals surface area contributed by atoms with E-state index in [-0.39, 0.29) is 0 Å². The Morgan fingerprint density at radius 2 is 2.12 bits per heavy atom. The monoisotopic (exact) mass is 235 g/mol. The van der Waals surface area contributed by atoms with Crippen LogP contribution in [-0.2, 0) is 6.42 Å². The summed E-state index contributed by atoms with van der Waals surface area (Å²) in [6, 6.07) is 8.29. The minimum atomic E-state index is 0.976. The first-order valence-electron chi connectivity index (χ1n) is 5.53. The lowest BCUT2D eigenvalue weighted by atomic mass is 10.2. The minimum absolute atomic E-state index is 0.976. The van der Waals surface area contributed by atoms with Crippen molar-refractivity contribution in [1.82, 2.24) is 4.90 Å². The molecule has 0 aliphatic rings. The van der Waals surface area contributed by atoms with E-state index in [0.717, 1.165) is 18.7 Å². The van der Waals surface area contributed by atoms with Gasteiger partial charge in [-0.1, -0.05) is 0 Å². The van der Waals surface area contributed by atoms with Gasteiger partial charge in [0.1, 0.15) is 5.76 Å². The van der Waals surface area contributed by atoms with Crippen molar-refractivity contribution in [3.05, 3.63) is 35.4 Å². The van der Waals surface area contributed by atoms with Crippen molar-refractivity contribution in [2.45, 2.75) is 12.8 Å². The molecule has 0 radical (unpaired) electrons. The summed E-state index contributed by atoms with van der Waals surface area (Å²) in [5, 5.41) is 0. The molecule has 2 aromatic heterocycles. The normalized spacial score (nSPS) is 11.2. The zero-order chi connectivity index (χ0) is 11.4. The lowest BCUT2D eigenvalue weighted by molar-refractivity contribution is 0.401. The van der Waals surface area contributed by atoms with E-state index in [9.17, 15) is 0 Å². The molecule has 0 aliphatic heterocycles. The molecule has 0 spiro atoms. The Labute approximate surface area is 101 Å². The second-order valence-electron chi connectivity index (χ2n) is 4.15. The molecule has 0 fully saturated rings. The fourth-order valence-electron chi connectivity index (χ4n) is 1.63. The quantitative estimate of drug-likeness (QED) is 0.788. The van der Waals surface area contributed by atoms with Crippen molar-refractivity contribution in [3.63, 3.8) is 0 Å². The Morgan fingerprint density at radius 1 is 1.25 bits per heavy atom. The van der Waals surface area contributed by atoms with Crippen LogP contribution in [0.3, 0.4) is 0 Å². The molecule has 0 atom stereocenters. The molecule has 2 rings (SSSR count). The number of rotatable bonds is 5. The van der Waals surface area contributed by atoms with Crippen LogP contribution in [0.1, 0.15) is 11.3 Å². The van der Waals surface area contributed by atoms with E-state index in [2.05, 4.69) is 31.1 Å². The molecule has 3 heteroatoms. The van der Waals surface area contributed by atoms with E-state index in [0.29, 0.717) is 0 Å². The lowest BCUT2D eigenvalue weighted by Gasteiger charge is -2.07. The summed E-state index contributed by atoms with van der Waals surface area (Å²) in [7, 11) is 4.23. The van der Waals surface area contributed by atoms with Crippen molar-refractivity contribution < 1.29 is 4.42 Å². The summed E-state index contributed by atoms with van der Waals surface area (Å²) in [5.74, 6) is 0.976. The van der Waals surface area contributed by atoms with Gasteiger partial charge in [0.25, 0.3) is 0 Å². The van der Waals surface area contributed by atoms with Crippen molar-refractivity contribution in [3.8, 4) is 10.6 Å². The first-order valence-corrected chi connectivity index (χ1v) is 6.34. The molecule has 16 heavy (non-hydrogen) atoms. The Kier molecular flexibility index (Phi) is 3.80. The fraction of sp³-hybridized carbons (Fsp3) is 0.385. The summed E-state index contributed by atoms with van der Waals surface area (Å²) >= 11 is 1.83. The molecule has 0 unspecified atom stereocenters. The largest absolute Gasteiger partial charge is 0.464 e. The van der Waals surface area contributed by atoms with E-state index < -0.39 is 0 Å². The van der Waals surface area contributed by atoms with Gasteiger partial charge in [0.15, 0.2) is 0 Å². The predicted molar refractivity (Wildman–Crippen MR) is 68.9 cm³/mol. The minimum Gasteiger partial charge on any atom is -0.464 e. The first-order chi connectivity index (χ1) is 7.75. The Morgan fingerprint density at radius 3 is 2.81 bits per heavy atom. The average Bonchev–Trinajstić information content (AvgIpc) is 2.85. The second-order valence-corrected chi connectivity index (χ2v) is 5.32. The number of hydrogen-bond acceptors (Lipinski definition) is 3. The van der Waals surface area contributed by atoms with Crippen LogP contribution in [0.15, 0.2) is 34.9 Å². The van der Waals surface area contributed by atoms with Crippen LogP contribution < -0.4 is 0 Å². The zero-order valence-electron chi connectivity index (χ0n) is 9.77. The number of nitrogens with zero attached hydrogens (tertiary/aromatic N) is 1. The molecular formula is C13H17NOS. The topological polar surface area (TPSA) is 16.4 Å². The highest BCUT2D eigenvalue weighted by Gasteiger charge is 2.04. The van der Waals surface area contributed by atoms with E-state index in [1.807, 2.05) is 23.5 Å². The van der Waals surface area contributed by atoms with Crippen LogP contribution in [0.2, 0.25) is 0 Å². The van der Waals surface area contributed by atoms with Crippen molar-refractivity contribution in [2.75, 3.05) is 20.6 Å². The van der Waals surface area contributed by atoms with Gasteiger partial charge in [-0.3, -0.25) is 0 Å². The van der Waals surface area contributed by atoms with E-state index in [1.165, 1.54) is 16.2 Å². The summed E-state index contributed by atoms with van der Waals surface area (Å²) in [6.45, 7) is 1.15. The molecule has 86 valence electrons. The maximum absolute atomic E-state index is 5.38. The molecule has 2 nitrogen and oxygen atoms in total. The fourth-order valence-corrected chi connectivity index (χ4v) is 2.65. The van der Waals surface area contributed by atoms with E-state index >= 15 is 0 Å². The third-order valence-electron chi connectivity index (χ3n) is 2.45. The van der Waals surface area contributed by atoms with E-state index in [1.54, 1.807) is 6.26 Å². The summed E-state index contributed by atoms with van der Waals surface area (Å²) in [4.78, 5) is 4.89. The smallest absolute Gasteiger partial charge is 0.143 e. The first kappa shape index (κ1) is 11.4. The molecule has 0 aromatic carbocycles. The predicted octanol–water partition coefficient (Wildman–Crippen LogP) is 3.50. The number of thiophene rings is 1. The van der Waals surface area contributed by atoms with Gasteiger partial charge in [-0.2, -0.15) is 0 Å². The number of furan rings is 1. The van der Waals surface area contributed by atoms with Crippen molar-refractivity contribution in [2.24, 2.45) is 0 Å². The Bertz CT molecular complexity index is 417. The van der Waals surface area contributed by atoms with Gasteiger partial charge in [0.05, 0.1) is 11.1 Å². The van der Waals surface area contributed by atoms with Crippen LogP contribution in [0.25, 0.3) is 10.6 Å². The average molecular weight is 235 g/mol. The summed E-state index contributed by atoms with van der Waals surface area (Å²) in [5.41, 5.74) is 0. The molecule has 0 N–H and O–H groups in total. The van der Waals surface area contributed by atoms with Crippen molar-refractivity contribution in [1.29, 1.82) is 0 Å². The SMILES string of the molecule is CN(C)CCCc1ccc(-c2ccco2)s1. The Balaban J connectivity index is 1.93. The third-order valence-corrected chi connectivity index (χ3v) is 3.61. The van der Waals surface area contributed by atoms with Crippen molar-refractivity contribution >= 4 is 11.3 Å². The number of aryl methyl sites for hydroxylation is 1. The van der Waals surface area contributed by atoms with Crippen LogP contribution in [-0.4, -0.2) is 25.5 Å². The molecule has 0 aliphatic carbocycles. The third kappa shape index (κ3) is 2.97. The van der Waals surface area contributed by atoms with E-state index in [4.69, 9.17) is 4.42 Å². The van der Waals surface area contributed by atoms with Gasteiger partial charge < -0.3 is 9.32 Å². The highest BCUT2D eigenvalue weighted by molar-refractivity contribution is 7.15. The van der Waals surface area contributed by atoms with Crippen LogP contribution in [0, 0.1) is 0 Å². The van der Waals surface area contributed by atoms with Gasteiger partial charge in [-0.15, -0.1) is 11.3 Å². The Hall–Kier alpha value is -1.06. The molecule has 0 saturated heterocycles. The summed E-state index contributed by atoms with van der Waals surface area (Å²) in [6.07, 6.45) is 4.09. The molecule has 2 heterocycles. The van der Waals surface area contributed by atoms with Crippen LogP contribution in [0.5, 0.6) is 0 Å². The molecular weight excluding hydrogens is 218 g/mol. The number of hydrogen-bond donors (Lipinski definition) is 0. The highest BCUT2D eigenvalue weighted by atomic mass is 32.1. The van der Waals surface area contributed by atoms with Gasteiger partial charge in [-0.05, 0) is 57.7 Å². The van der Waals surface area contributed by atoms with Gasteiger partial charge in [-0.25, -0.2) is 0 Å². The molecule has 0 amide bonds. The summed E-state index contributed by atoms with van der Waals surface area (Å²) < 4.78 is 5.38. The zero-order valence-corrected chi connectivity index (χ0v) is 10.6.